The van der Waals surface area contributed by atoms with Crippen molar-refractivity contribution in [2.75, 3.05) is 4.90 Å². The third-order valence-corrected chi connectivity index (χ3v) is 3.85. The molecule has 0 saturated carbocycles. The monoisotopic (exact) mass is 281 g/mol. The van der Waals surface area contributed by atoms with Crippen molar-refractivity contribution in [3.8, 4) is 0 Å². The SMILES string of the molecule is CCC(CC)C(=O)N(Cc1ccccc1)c1ccccc1. The fraction of sp³-hybridized carbons (Fsp3) is 0.316. The zero-order valence-corrected chi connectivity index (χ0v) is 12.8. The molecule has 0 heterocycles. The molecule has 21 heavy (non-hydrogen) atoms. The molecular weight excluding hydrogens is 258 g/mol. The summed E-state index contributed by atoms with van der Waals surface area (Å²) in [4.78, 5) is 14.7. The molecule has 0 atom stereocenters. The second kappa shape index (κ2) is 7.63. The Morgan fingerprint density at radius 1 is 0.905 bits per heavy atom. The number of hydrogen-bond acceptors (Lipinski definition) is 1. The van der Waals surface area contributed by atoms with Gasteiger partial charge in [0.15, 0.2) is 0 Å². The highest BCUT2D eigenvalue weighted by atomic mass is 16.2. The van der Waals surface area contributed by atoms with Gasteiger partial charge in [0.2, 0.25) is 5.91 Å². The average Bonchev–Trinajstić information content (AvgIpc) is 2.55. The van der Waals surface area contributed by atoms with Crippen LogP contribution in [0.1, 0.15) is 32.3 Å². The second-order valence-electron chi connectivity index (χ2n) is 5.26. The minimum Gasteiger partial charge on any atom is -0.308 e. The Bertz CT molecular complexity index is 546. The van der Waals surface area contributed by atoms with E-state index in [0.29, 0.717) is 6.54 Å². The summed E-state index contributed by atoms with van der Waals surface area (Å²) in [5.41, 5.74) is 2.12. The Balaban J connectivity index is 2.29. The zero-order valence-electron chi connectivity index (χ0n) is 12.8. The molecule has 0 radical (unpaired) electrons. The quantitative estimate of drug-likeness (QED) is 0.754. The van der Waals surface area contributed by atoms with Gasteiger partial charge in [-0.15, -0.1) is 0 Å². The van der Waals surface area contributed by atoms with Gasteiger partial charge >= 0.3 is 0 Å². The van der Waals surface area contributed by atoms with Crippen LogP contribution in [-0.4, -0.2) is 5.91 Å². The Hall–Kier alpha value is -2.09. The van der Waals surface area contributed by atoms with Crippen LogP contribution in [0.15, 0.2) is 60.7 Å². The van der Waals surface area contributed by atoms with Crippen molar-refractivity contribution in [1.82, 2.24) is 0 Å². The van der Waals surface area contributed by atoms with Gasteiger partial charge in [0, 0.05) is 11.6 Å². The van der Waals surface area contributed by atoms with E-state index < -0.39 is 0 Å². The first-order chi connectivity index (χ1) is 10.3. The first kappa shape index (κ1) is 15.3. The maximum absolute atomic E-state index is 12.8. The first-order valence-corrected chi connectivity index (χ1v) is 7.66. The molecule has 2 nitrogen and oxygen atoms in total. The van der Waals surface area contributed by atoms with E-state index in [4.69, 9.17) is 0 Å². The lowest BCUT2D eigenvalue weighted by molar-refractivity contribution is -0.122. The number of amides is 1. The van der Waals surface area contributed by atoms with E-state index in [9.17, 15) is 4.79 Å². The maximum atomic E-state index is 12.8. The zero-order chi connectivity index (χ0) is 15.1. The summed E-state index contributed by atoms with van der Waals surface area (Å²) in [6.07, 6.45) is 1.76. The molecule has 0 spiro atoms. The van der Waals surface area contributed by atoms with E-state index in [0.717, 1.165) is 24.1 Å². The molecule has 0 unspecified atom stereocenters. The summed E-state index contributed by atoms with van der Waals surface area (Å²) in [6.45, 7) is 4.79. The summed E-state index contributed by atoms with van der Waals surface area (Å²) in [5, 5.41) is 0. The highest BCUT2D eigenvalue weighted by Gasteiger charge is 2.22. The molecule has 0 aliphatic heterocycles. The summed E-state index contributed by atoms with van der Waals surface area (Å²) >= 11 is 0. The summed E-state index contributed by atoms with van der Waals surface area (Å²) < 4.78 is 0. The van der Waals surface area contributed by atoms with Crippen LogP contribution in [-0.2, 0) is 11.3 Å². The minimum atomic E-state index is 0.0916. The standard InChI is InChI=1S/C19H23NO/c1-3-17(4-2)19(21)20(18-13-9-6-10-14-18)15-16-11-7-5-8-12-16/h5-14,17H,3-4,15H2,1-2H3. The predicted octanol–water partition coefficient (Wildman–Crippen LogP) is 4.66. The average molecular weight is 281 g/mol. The number of carbonyl (C=O) groups is 1. The van der Waals surface area contributed by atoms with Gasteiger partial charge in [0.25, 0.3) is 0 Å². The highest BCUT2D eigenvalue weighted by Crippen LogP contribution is 2.22. The van der Waals surface area contributed by atoms with Crippen LogP contribution >= 0.6 is 0 Å². The van der Waals surface area contributed by atoms with E-state index in [-0.39, 0.29) is 11.8 Å². The number of nitrogens with zero attached hydrogens (tertiary/aromatic N) is 1. The number of benzene rings is 2. The van der Waals surface area contributed by atoms with Gasteiger partial charge in [-0.05, 0) is 30.5 Å². The smallest absolute Gasteiger partial charge is 0.230 e. The number of anilines is 1. The van der Waals surface area contributed by atoms with Gasteiger partial charge in [-0.2, -0.15) is 0 Å². The number of carbonyl (C=O) groups excluding carboxylic acids is 1. The van der Waals surface area contributed by atoms with Crippen molar-refractivity contribution in [3.63, 3.8) is 0 Å². The maximum Gasteiger partial charge on any atom is 0.230 e. The highest BCUT2D eigenvalue weighted by molar-refractivity contribution is 5.94. The molecule has 2 aromatic rings. The van der Waals surface area contributed by atoms with Crippen LogP contribution in [0.5, 0.6) is 0 Å². The largest absolute Gasteiger partial charge is 0.308 e. The normalized spacial score (nSPS) is 10.6. The number of hydrogen-bond donors (Lipinski definition) is 0. The molecule has 0 bridgehead atoms. The van der Waals surface area contributed by atoms with Gasteiger partial charge in [-0.1, -0.05) is 62.4 Å². The third-order valence-electron chi connectivity index (χ3n) is 3.85. The Kier molecular flexibility index (Phi) is 5.56. The molecule has 2 heteroatoms. The molecule has 0 N–H and O–H groups in total. The molecular formula is C19H23NO. The lowest BCUT2D eigenvalue weighted by atomic mass is 10.0. The van der Waals surface area contributed by atoms with Gasteiger partial charge < -0.3 is 4.90 Å². The number of rotatable bonds is 6. The fourth-order valence-corrected chi connectivity index (χ4v) is 2.53. The van der Waals surface area contributed by atoms with E-state index in [1.807, 2.05) is 53.4 Å². The van der Waals surface area contributed by atoms with Crippen molar-refractivity contribution in [3.05, 3.63) is 66.2 Å². The Morgan fingerprint density at radius 3 is 1.95 bits per heavy atom. The van der Waals surface area contributed by atoms with Crippen molar-refractivity contribution >= 4 is 11.6 Å². The Labute approximate surface area is 127 Å². The molecule has 0 fully saturated rings. The van der Waals surface area contributed by atoms with Gasteiger partial charge in [-0.3, -0.25) is 4.79 Å². The topological polar surface area (TPSA) is 20.3 Å². The molecule has 0 aliphatic carbocycles. The number of para-hydroxylation sites is 1. The van der Waals surface area contributed by atoms with Crippen molar-refractivity contribution in [1.29, 1.82) is 0 Å². The van der Waals surface area contributed by atoms with Crippen LogP contribution in [0.25, 0.3) is 0 Å². The summed E-state index contributed by atoms with van der Waals surface area (Å²) in [5.74, 6) is 0.309. The lowest BCUT2D eigenvalue weighted by Crippen LogP contribution is -2.35. The van der Waals surface area contributed by atoms with Crippen molar-refractivity contribution in [2.24, 2.45) is 5.92 Å². The first-order valence-electron chi connectivity index (χ1n) is 7.66. The molecule has 110 valence electrons. The molecule has 0 aliphatic rings. The predicted molar refractivity (Wildman–Crippen MR) is 88.1 cm³/mol. The van der Waals surface area contributed by atoms with Gasteiger partial charge in [0.05, 0.1) is 6.54 Å². The van der Waals surface area contributed by atoms with E-state index in [1.165, 1.54) is 0 Å². The molecule has 2 aromatic carbocycles. The van der Waals surface area contributed by atoms with E-state index in [1.54, 1.807) is 0 Å². The second-order valence-corrected chi connectivity index (χ2v) is 5.26. The van der Waals surface area contributed by atoms with Crippen LogP contribution in [0, 0.1) is 5.92 Å². The van der Waals surface area contributed by atoms with Gasteiger partial charge in [-0.25, -0.2) is 0 Å². The van der Waals surface area contributed by atoms with E-state index in [2.05, 4.69) is 26.0 Å². The van der Waals surface area contributed by atoms with Gasteiger partial charge in [0.1, 0.15) is 0 Å². The van der Waals surface area contributed by atoms with Crippen LogP contribution in [0.2, 0.25) is 0 Å². The molecule has 0 aromatic heterocycles. The summed E-state index contributed by atoms with van der Waals surface area (Å²) in [7, 11) is 0. The third kappa shape index (κ3) is 3.94. The van der Waals surface area contributed by atoms with Crippen LogP contribution in [0.3, 0.4) is 0 Å². The van der Waals surface area contributed by atoms with E-state index >= 15 is 0 Å². The Morgan fingerprint density at radius 2 is 1.43 bits per heavy atom. The summed E-state index contributed by atoms with van der Waals surface area (Å²) in [6, 6.07) is 20.1. The van der Waals surface area contributed by atoms with Crippen molar-refractivity contribution in [2.45, 2.75) is 33.2 Å². The molecule has 2 rings (SSSR count). The van der Waals surface area contributed by atoms with Crippen LogP contribution in [0.4, 0.5) is 5.69 Å². The van der Waals surface area contributed by atoms with Crippen LogP contribution < -0.4 is 4.90 Å². The van der Waals surface area contributed by atoms with Crippen molar-refractivity contribution < 1.29 is 4.79 Å². The lowest BCUT2D eigenvalue weighted by Gasteiger charge is -2.27. The molecule has 1 amide bonds. The molecule has 0 saturated heterocycles. The minimum absolute atomic E-state index is 0.0916. The fourth-order valence-electron chi connectivity index (χ4n) is 2.53.